The molecule has 162 valence electrons. The average Bonchev–Trinajstić information content (AvgIpc) is 3.06. The Balaban J connectivity index is 1.35. The van der Waals surface area contributed by atoms with Gasteiger partial charge in [0.05, 0.1) is 6.54 Å². The van der Waals surface area contributed by atoms with Gasteiger partial charge in [0.1, 0.15) is 5.82 Å². The van der Waals surface area contributed by atoms with Gasteiger partial charge >= 0.3 is 0 Å². The molecule has 5 nitrogen and oxygen atoms in total. The van der Waals surface area contributed by atoms with Gasteiger partial charge in [-0.25, -0.2) is 4.98 Å². The SMILES string of the molecule is Cn1ccnc1CN1CCCN(C(=S)NCC(c2ccccc2)c2ccccc2)CC1. The van der Waals surface area contributed by atoms with Crippen molar-refractivity contribution >= 4 is 17.3 Å². The van der Waals surface area contributed by atoms with E-state index in [1.54, 1.807) is 0 Å². The zero-order valence-electron chi connectivity index (χ0n) is 18.2. The second kappa shape index (κ2) is 10.6. The zero-order chi connectivity index (χ0) is 21.5. The smallest absolute Gasteiger partial charge is 0.169 e. The van der Waals surface area contributed by atoms with Crippen LogP contribution in [0.4, 0.5) is 0 Å². The number of aromatic nitrogens is 2. The van der Waals surface area contributed by atoms with Gasteiger partial charge in [-0.1, -0.05) is 60.7 Å². The van der Waals surface area contributed by atoms with Crippen LogP contribution < -0.4 is 5.32 Å². The molecule has 1 aromatic heterocycles. The number of benzene rings is 2. The van der Waals surface area contributed by atoms with Gasteiger partial charge in [-0.15, -0.1) is 0 Å². The van der Waals surface area contributed by atoms with Crippen LogP contribution in [0.15, 0.2) is 73.1 Å². The number of rotatable bonds is 6. The monoisotopic (exact) mass is 433 g/mol. The first-order valence-corrected chi connectivity index (χ1v) is 11.4. The van der Waals surface area contributed by atoms with Gasteiger partial charge in [0.15, 0.2) is 5.11 Å². The van der Waals surface area contributed by atoms with Crippen LogP contribution in [0.3, 0.4) is 0 Å². The van der Waals surface area contributed by atoms with E-state index in [-0.39, 0.29) is 5.92 Å². The van der Waals surface area contributed by atoms with Crippen molar-refractivity contribution in [1.29, 1.82) is 0 Å². The lowest BCUT2D eigenvalue weighted by Gasteiger charge is -2.27. The molecule has 2 heterocycles. The van der Waals surface area contributed by atoms with Crippen molar-refractivity contribution in [3.63, 3.8) is 0 Å². The minimum atomic E-state index is 0.271. The van der Waals surface area contributed by atoms with Crippen LogP contribution in [-0.4, -0.2) is 57.2 Å². The van der Waals surface area contributed by atoms with Crippen molar-refractivity contribution in [2.45, 2.75) is 18.9 Å². The molecule has 4 rings (SSSR count). The molecule has 0 saturated carbocycles. The van der Waals surface area contributed by atoms with Gasteiger partial charge in [-0.05, 0) is 29.8 Å². The van der Waals surface area contributed by atoms with E-state index in [1.807, 2.05) is 12.4 Å². The Kier molecular flexibility index (Phi) is 7.33. The Hall–Kier alpha value is -2.70. The summed E-state index contributed by atoms with van der Waals surface area (Å²) in [6, 6.07) is 21.3. The van der Waals surface area contributed by atoms with Crippen molar-refractivity contribution in [2.75, 3.05) is 32.7 Å². The van der Waals surface area contributed by atoms with Crippen molar-refractivity contribution in [1.82, 2.24) is 24.7 Å². The molecule has 1 fully saturated rings. The second-order valence-electron chi connectivity index (χ2n) is 8.13. The highest BCUT2D eigenvalue weighted by atomic mass is 32.1. The number of aryl methyl sites for hydroxylation is 1. The van der Waals surface area contributed by atoms with Crippen molar-refractivity contribution in [2.24, 2.45) is 7.05 Å². The highest BCUT2D eigenvalue weighted by molar-refractivity contribution is 7.80. The Morgan fingerprint density at radius 2 is 1.65 bits per heavy atom. The fraction of sp³-hybridized carbons (Fsp3) is 0.360. The van der Waals surface area contributed by atoms with E-state index in [0.29, 0.717) is 0 Å². The fourth-order valence-electron chi connectivity index (χ4n) is 4.18. The summed E-state index contributed by atoms with van der Waals surface area (Å²) in [4.78, 5) is 9.26. The normalized spacial score (nSPS) is 15.1. The molecule has 2 aromatic carbocycles. The van der Waals surface area contributed by atoms with E-state index in [2.05, 4.69) is 92.4 Å². The first kappa shape index (κ1) is 21.5. The average molecular weight is 434 g/mol. The summed E-state index contributed by atoms with van der Waals surface area (Å²) in [7, 11) is 2.06. The highest BCUT2D eigenvalue weighted by Crippen LogP contribution is 2.23. The third-order valence-corrected chi connectivity index (χ3v) is 6.43. The van der Waals surface area contributed by atoms with Gasteiger partial charge in [-0.2, -0.15) is 0 Å². The van der Waals surface area contributed by atoms with Crippen LogP contribution in [0.5, 0.6) is 0 Å². The molecule has 0 atom stereocenters. The number of imidazole rings is 1. The Morgan fingerprint density at radius 1 is 0.968 bits per heavy atom. The summed E-state index contributed by atoms with van der Waals surface area (Å²) < 4.78 is 2.10. The second-order valence-corrected chi connectivity index (χ2v) is 8.52. The Morgan fingerprint density at radius 3 is 2.26 bits per heavy atom. The summed E-state index contributed by atoms with van der Waals surface area (Å²) in [6.07, 6.45) is 4.98. The van der Waals surface area contributed by atoms with Crippen LogP contribution in [0, 0.1) is 0 Å². The number of nitrogens with one attached hydrogen (secondary N) is 1. The quantitative estimate of drug-likeness (QED) is 0.601. The van der Waals surface area contributed by atoms with Crippen molar-refractivity contribution < 1.29 is 0 Å². The standard InChI is InChI=1S/C25H31N5S/c1-28-16-13-26-24(28)20-29-14-8-15-30(18-17-29)25(31)27-19-23(21-9-4-2-5-10-21)22-11-6-3-7-12-22/h2-7,9-13,16,23H,8,14-15,17-20H2,1H3,(H,27,31). The van der Waals surface area contributed by atoms with Gasteiger partial charge < -0.3 is 14.8 Å². The van der Waals surface area contributed by atoms with Crippen LogP contribution >= 0.6 is 12.2 Å². The lowest BCUT2D eigenvalue weighted by Crippen LogP contribution is -2.43. The third kappa shape index (κ3) is 5.71. The lowest BCUT2D eigenvalue weighted by molar-refractivity contribution is 0.268. The number of hydrogen-bond acceptors (Lipinski definition) is 3. The maximum absolute atomic E-state index is 5.81. The first-order chi connectivity index (χ1) is 15.2. The molecule has 0 spiro atoms. The molecule has 0 bridgehead atoms. The van der Waals surface area contributed by atoms with Crippen LogP contribution in [-0.2, 0) is 13.6 Å². The molecular weight excluding hydrogens is 402 g/mol. The summed E-state index contributed by atoms with van der Waals surface area (Å²) in [5, 5.41) is 4.43. The minimum absolute atomic E-state index is 0.271. The minimum Gasteiger partial charge on any atom is -0.362 e. The fourth-order valence-corrected chi connectivity index (χ4v) is 4.45. The topological polar surface area (TPSA) is 36.3 Å². The molecule has 0 radical (unpaired) electrons. The van der Waals surface area contributed by atoms with Crippen LogP contribution in [0.1, 0.15) is 29.3 Å². The summed E-state index contributed by atoms with van der Waals surface area (Å²) >= 11 is 5.81. The predicted octanol–water partition coefficient (Wildman–Crippen LogP) is 3.63. The zero-order valence-corrected chi connectivity index (χ0v) is 19.0. The summed E-state index contributed by atoms with van der Waals surface area (Å²) in [6.45, 7) is 5.68. The van der Waals surface area contributed by atoms with Gasteiger partial charge in [0, 0.05) is 58.1 Å². The van der Waals surface area contributed by atoms with E-state index >= 15 is 0 Å². The number of thiocarbonyl (C=S) groups is 1. The molecule has 0 aliphatic carbocycles. The van der Waals surface area contributed by atoms with E-state index in [9.17, 15) is 0 Å². The maximum atomic E-state index is 5.81. The largest absolute Gasteiger partial charge is 0.362 e. The molecule has 1 saturated heterocycles. The third-order valence-electron chi connectivity index (χ3n) is 6.02. The summed E-state index contributed by atoms with van der Waals surface area (Å²) in [5.41, 5.74) is 2.61. The molecule has 31 heavy (non-hydrogen) atoms. The molecule has 1 aliphatic rings. The summed E-state index contributed by atoms with van der Waals surface area (Å²) in [5.74, 6) is 1.38. The van der Waals surface area contributed by atoms with E-state index in [1.165, 1.54) is 11.1 Å². The van der Waals surface area contributed by atoms with E-state index in [4.69, 9.17) is 12.2 Å². The molecule has 3 aromatic rings. The molecule has 0 unspecified atom stereocenters. The van der Waals surface area contributed by atoms with Gasteiger partial charge in [0.2, 0.25) is 0 Å². The van der Waals surface area contributed by atoms with Crippen LogP contribution in [0.25, 0.3) is 0 Å². The number of hydrogen-bond donors (Lipinski definition) is 1. The van der Waals surface area contributed by atoms with Crippen molar-refractivity contribution in [3.8, 4) is 0 Å². The molecule has 1 aliphatic heterocycles. The predicted molar refractivity (Wildman–Crippen MR) is 130 cm³/mol. The van der Waals surface area contributed by atoms with Gasteiger partial charge in [-0.3, -0.25) is 4.90 Å². The molecule has 0 amide bonds. The highest BCUT2D eigenvalue weighted by Gasteiger charge is 2.20. The molecule has 6 heteroatoms. The number of nitrogens with zero attached hydrogens (tertiary/aromatic N) is 4. The van der Waals surface area contributed by atoms with Gasteiger partial charge in [0.25, 0.3) is 0 Å². The molecular formula is C25H31N5S. The first-order valence-electron chi connectivity index (χ1n) is 11.0. The van der Waals surface area contributed by atoms with Crippen LogP contribution in [0.2, 0.25) is 0 Å². The van der Waals surface area contributed by atoms with Crippen molar-refractivity contribution in [3.05, 3.63) is 90.0 Å². The Bertz CT molecular complexity index is 917. The van der Waals surface area contributed by atoms with E-state index < -0.39 is 0 Å². The Labute approximate surface area is 190 Å². The maximum Gasteiger partial charge on any atom is 0.169 e. The lowest BCUT2D eigenvalue weighted by atomic mass is 9.91. The van der Waals surface area contributed by atoms with E-state index in [0.717, 1.165) is 56.6 Å². The molecule has 1 N–H and O–H groups in total.